The van der Waals surface area contributed by atoms with Crippen LogP contribution in [0.25, 0.3) is 0 Å². The zero-order valence-electron chi connectivity index (χ0n) is 15.5. The molecule has 1 N–H and O–H groups in total. The fraction of sp³-hybridized carbons (Fsp3) is 0.381. The average Bonchev–Trinajstić information content (AvgIpc) is 2.69. The molecule has 1 aliphatic heterocycles. The predicted molar refractivity (Wildman–Crippen MR) is 106 cm³/mol. The summed E-state index contributed by atoms with van der Waals surface area (Å²) in [5.41, 5.74) is 1.63. The zero-order valence-corrected chi connectivity index (χ0v) is 16.3. The number of halogens is 2. The van der Waals surface area contributed by atoms with Crippen molar-refractivity contribution < 1.29 is 9.18 Å². The number of nitrogens with zero attached hydrogens (tertiary/aromatic N) is 2. The Morgan fingerprint density at radius 1 is 1.07 bits per heavy atom. The lowest BCUT2D eigenvalue weighted by molar-refractivity contribution is -0.126. The quantitative estimate of drug-likeness (QED) is 0.823. The zero-order chi connectivity index (χ0) is 19.2. The molecule has 1 atom stereocenters. The van der Waals surface area contributed by atoms with E-state index in [0.717, 1.165) is 37.3 Å². The van der Waals surface area contributed by atoms with Gasteiger partial charge in [0.05, 0.1) is 6.04 Å². The highest BCUT2D eigenvalue weighted by Crippen LogP contribution is 2.15. The third kappa shape index (κ3) is 5.28. The highest BCUT2D eigenvalue weighted by Gasteiger charge is 2.25. The lowest BCUT2D eigenvalue weighted by Gasteiger charge is -2.37. The van der Waals surface area contributed by atoms with Gasteiger partial charge < -0.3 is 5.32 Å². The molecule has 1 aliphatic rings. The molecule has 1 fully saturated rings. The second-order valence-electron chi connectivity index (χ2n) is 6.89. The summed E-state index contributed by atoms with van der Waals surface area (Å²) in [6, 6.07) is 14.2. The minimum atomic E-state index is -0.205. The number of piperazine rings is 1. The highest BCUT2D eigenvalue weighted by molar-refractivity contribution is 6.31. The number of carbonyl (C=O) groups is 1. The maximum atomic E-state index is 13.8. The third-order valence-electron chi connectivity index (χ3n) is 5.10. The summed E-state index contributed by atoms with van der Waals surface area (Å²) in [7, 11) is 0. The normalized spacial score (nSPS) is 16.9. The number of amides is 1. The number of carbonyl (C=O) groups excluding carboxylic acids is 1. The minimum absolute atomic E-state index is 0.00234. The van der Waals surface area contributed by atoms with Crippen molar-refractivity contribution in [3.8, 4) is 0 Å². The Balaban J connectivity index is 1.46. The van der Waals surface area contributed by atoms with E-state index in [9.17, 15) is 9.18 Å². The van der Waals surface area contributed by atoms with Crippen molar-refractivity contribution in [1.29, 1.82) is 0 Å². The maximum Gasteiger partial charge on any atom is 0.237 e. The Bertz CT molecular complexity index is 778. The first kappa shape index (κ1) is 19.8. The molecule has 27 heavy (non-hydrogen) atoms. The van der Waals surface area contributed by atoms with Crippen molar-refractivity contribution in [1.82, 2.24) is 15.1 Å². The van der Waals surface area contributed by atoms with E-state index < -0.39 is 0 Å². The van der Waals surface area contributed by atoms with Crippen LogP contribution >= 0.6 is 11.6 Å². The van der Waals surface area contributed by atoms with E-state index in [1.807, 2.05) is 43.3 Å². The van der Waals surface area contributed by atoms with E-state index in [1.54, 1.807) is 6.07 Å². The number of hydrogen-bond donors (Lipinski definition) is 1. The minimum Gasteiger partial charge on any atom is -0.351 e. The highest BCUT2D eigenvalue weighted by atomic mass is 35.5. The molecule has 1 saturated heterocycles. The third-order valence-corrected chi connectivity index (χ3v) is 5.47. The van der Waals surface area contributed by atoms with E-state index in [1.165, 1.54) is 6.07 Å². The fourth-order valence-corrected chi connectivity index (χ4v) is 3.52. The predicted octanol–water partition coefficient (Wildman–Crippen LogP) is 3.30. The van der Waals surface area contributed by atoms with Crippen LogP contribution in [0.4, 0.5) is 4.39 Å². The summed E-state index contributed by atoms with van der Waals surface area (Å²) in [5.74, 6) is -0.162. The molecule has 3 rings (SSSR count). The number of hydrogen-bond acceptors (Lipinski definition) is 3. The second-order valence-corrected chi connectivity index (χ2v) is 7.30. The number of rotatable bonds is 6. The molecular weight excluding hydrogens is 365 g/mol. The summed E-state index contributed by atoms with van der Waals surface area (Å²) in [5, 5.41) is 3.63. The SMILES string of the molecule is C[C@@H](C(=O)NCc1ccccc1Cl)N1CCN(Cc2ccccc2F)CC1. The van der Waals surface area contributed by atoms with Gasteiger partial charge in [0, 0.05) is 49.9 Å². The van der Waals surface area contributed by atoms with Gasteiger partial charge in [-0.3, -0.25) is 14.6 Å². The van der Waals surface area contributed by atoms with Gasteiger partial charge >= 0.3 is 0 Å². The molecule has 0 radical (unpaired) electrons. The molecule has 144 valence electrons. The van der Waals surface area contributed by atoms with Crippen molar-refractivity contribution in [3.05, 3.63) is 70.5 Å². The van der Waals surface area contributed by atoms with Crippen molar-refractivity contribution in [2.75, 3.05) is 26.2 Å². The molecule has 1 amide bonds. The van der Waals surface area contributed by atoms with Crippen LogP contribution in [0, 0.1) is 5.82 Å². The molecule has 0 saturated carbocycles. The summed E-state index contributed by atoms with van der Waals surface area (Å²) in [6.07, 6.45) is 0. The van der Waals surface area contributed by atoms with Crippen LogP contribution in [0.2, 0.25) is 5.02 Å². The Labute approximate surface area is 164 Å². The van der Waals surface area contributed by atoms with E-state index in [4.69, 9.17) is 11.6 Å². The number of nitrogens with one attached hydrogen (secondary N) is 1. The van der Waals surface area contributed by atoms with Gasteiger partial charge in [-0.2, -0.15) is 0 Å². The van der Waals surface area contributed by atoms with E-state index in [0.29, 0.717) is 18.1 Å². The smallest absolute Gasteiger partial charge is 0.237 e. The van der Waals surface area contributed by atoms with Crippen molar-refractivity contribution >= 4 is 17.5 Å². The monoisotopic (exact) mass is 389 g/mol. The lowest BCUT2D eigenvalue weighted by Crippen LogP contribution is -2.53. The Hall–Kier alpha value is -1.95. The molecule has 0 bridgehead atoms. The fourth-order valence-electron chi connectivity index (χ4n) is 3.31. The van der Waals surface area contributed by atoms with Crippen molar-refractivity contribution in [2.24, 2.45) is 0 Å². The maximum absolute atomic E-state index is 13.8. The van der Waals surface area contributed by atoms with Gasteiger partial charge in [-0.25, -0.2) is 4.39 Å². The van der Waals surface area contributed by atoms with Crippen molar-refractivity contribution in [3.63, 3.8) is 0 Å². The largest absolute Gasteiger partial charge is 0.351 e. The summed E-state index contributed by atoms with van der Waals surface area (Å²) >= 11 is 6.14. The summed E-state index contributed by atoms with van der Waals surface area (Å²) in [6.45, 7) is 6.16. The first-order chi connectivity index (χ1) is 13.0. The molecule has 6 heteroatoms. The van der Waals surface area contributed by atoms with Gasteiger partial charge in [-0.15, -0.1) is 0 Å². The molecule has 4 nitrogen and oxygen atoms in total. The molecule has 2 aromatic carbocycles. The van der Waals surface area contributed by atoms with Gasteiger partial charge in [0.15, 0.2) is 0 Å². The van der Waals surface area contributed by atoms with E-state index >= 15 is 0 Å². The Morgan fingerprint density at radius 2 is 1.70 bits per heavy atom. The van der Waals surface area contributed by atoms with Crippen LogP contribution in [-0.2, 0) is 17.9 Å². The molecule has 0 aromatic heterocycles. The molecule has 0 unspecified atom stereocenters. The summed E-state index contributed by atoms with van der Waals surface area (Å²) < 4.78 is 13.8. The van der Waals surface area contributed by atoms with Gasteiger partial charge in [-0.1, -0.05) is 48.0 Å². The van der Waals surface area contributed by atoms with Crippen molar-refractivity contribution in [2.45, 2.75) is 26.1 Å². The molecule has 2 aromatic rings. The standard InChI is InChI=1S/C21H25ClFN3O/c1-16(21(27)24-14-17-6-2-4-8-19(17)22)26-12-10-25(11-13-26)15-18-7-3-5-9-20(18)23/h2-9,16H,10-15H2,1H3,(H,24,27)/t16-/m0/s1. The molecule has 0 spiro atoms. The van der Waals surface area contributed by atoms with Crippen LogP contribution in [0.5, 0.6) is 0 Å². The van der Waals surface area contributed by atoms with Gasteiger partial charge in [0.1, 0.15) is 5.82 Å². The second kappa shape index (κ2) is 9.31. The Morgan fingerprint density at radius 3 is 2.37 bits per heavy atom. The van der Waals surface area contributed by atoms with Crippen LogP contribution in [0.15, 0.2) is 48.5 Å². The first-order valence-electron chi connectivity index (χ1n) is 9.25. The number of benzene rings is 2. The Kier molecular flexibility index (Phi) is 6.83. The van der Waals surface area contributed by atoms with Crippen LogP contribution < -0.4 is 5.32 Å². The molecular formula is C21H25ClFN3O. The van der Waals surface area contributed by atoms with Gasteiger partial charge in [0.25, 0.3) is 0 Å². The van der Waals surface area contributed by atoms with Crippen LogP contribution in [-0.4, -0.2) is 47.9 Å². The lowest BCUT2D eigenvalue weighted by atomic mass is 10.1. The van der Waals surface area contributed by atoms with Gasteiger partial charge in [0.2, 0.25) is 5.91 Å². The van der Waals surface area contributed by atoms with Crippen LogP contribution in [0.1, 0.15) is 18.1 Å². The summed E-state index contributed by atoms with van der Waals surface area (Å²) in [4.78, 5) is 16.9. The van der Waals surface area contributed by atoms with Gasteiger partial charge in [-0.05, 0) is 24.6 Å². The molecule has 1 heterocycles. The van der Waals surface area contributed by atoms with E-state index in [2.05, 4.69) is 15.1 Å². The van der Waals surface area contributed by atoms with E-state index in [-0.39, 0.29) is 17.8 Å². The first-order valence-corrected chi connectivity index (χ1v) is 9.63. The van der Waals surface area contributed by atoms with Crippen LogP contribution in [0.3, 0.4) is 0 Å². The molecule has 0 aliphatic carbocycles. The topological polar surface area (TPSA) is 35.6 Å². The average molecular weight is 390 g/mol.